The quantitative estimate of drug-likeness (QED) is 0.607. The molecule has 0 unspecified atom stereocenters. The fraction of sp³-hybridized carbons (Fsp3) is 0.333. The third kappa shape index (κ3) is 2.15. The van der Waals surface area contributed by atoms with E-state index in [0.717, 1.165) is 12.0 Å². The fourth-order valence-corrected chi connectivity index (χ4v) is 0.955. The minimum Gasteiger partial charge on any atom is -0.150 e. The highest BCUT2D eigenvalue weighted by Crippen LogP contribution is 2.05. The molecule has 0 aliphatic heterocycles. The van der Waals surface area contributed by atoms with Gasteiger partial charge in [0.1, 0.15) is 6.54 Å². The van der Waals surface area contributed by atoms with E-state index in [1.807, 2.05) is 24.3 Å². The summed E-state index contributed by atoms with van der Waals surface area (Å²) in [4.78, 5) is 9.88. The summed E-state index contributed by atoms with van der Waals surface area (Å²) in [6, 6.07) is 7.95. The summed E-state index contributed by atoms with van der Waals surface area (Å²) in [5.74, 6) is 0. The Morgan fingerprint density at radius 2 is 1.73 bits per heavy atom. The summed E-state index contributed by atoms with van der Waals surface area (Å²) in [6.45, 7) is 2.39. The van der Waals surface area contributed by atoms with E-state index in [1.165, 1.54) is 5.56 Å². The average Bonchev–Trinajstić information content (AvgIpc) is 2.07. The predicted octanol–water partition coefficient (Wildman–Crippen LogP) is 2.52. The smallest absolute Gasteiger partial charge is 0.106 e. The first-order valence-corrected chi connectivity index (χ1v) is 3.73. The lowest BCUT2D eigenvalue weighted by Crippen LogP contribution is -1.82. The fourth-order valence-electron chi connectivity index (χ4n) is 0.955. The zero-order chi connectivity index (χ0) is 8.10. The molecule has 1 aromatic rings. The van der Waals surface area contributed by atoms with Gasteiger partial charge in [-0.1, -0.05) is 36.4 Å². The highest BCUT2D eigenvalue weighted by atomic mass is 16.3. The van der Waals surface area contributed by atoms with Gasteiger partial charge in [-0.25, -0.2) is 0 Å². The van der Waals surface area contributed by atoms with Crippen molar-refractivity contribution < 1.29 is 0 Å². The molecule has 0 aliphatic rings. The lowest BCUT2D eigenvalue weighted by atomic mass is 10.1. The van der Waals surface area contributed by atoms with E-state index in [-0.39, 0.29) is 6.54 Å². The molecular formula is C9H11NO. The van der Waals surface area contributed by atoms with Crippen molar-refractivity contribution in [3.63, 3.8) is 0 Å². The van der Waals surface area contributed by atoms with Gasteiger partial charge in [0.05, 0.1) is 0 Å². The number of hydrogen-bond donors (Lipinski definition) is 0. The first-order valence-electron chi connectivity index (χ1n) is 3.73. The van der Waals surface area contributed by atoms with Crippen LogP contribution in [0.2, 0.25) is 0 Å². The summed E-state index contributed by atoms with van der Waals surface area (Å²) in [6.07, 6.45) is 1.04. The van der Waals surface area contributed by atoms with Crippen molar-refractivity contribution >= 4 is 0 Å². The largest absolute Gasteiger partial charge is 0.150 e. The predicted molar refractivity (Wildman–Crippen MR) is 45.3 cm³/mol. The van der Waals surface area contributed by atoms with Gasteiger partial charge >= 0.3 is 0 Å². The van der Waals surface area contributed by atoms with Crippen LogP contribution >= 0.6 is 0 Å². The number of nitroso groups, excluding NO2 is 1. The Balaban J connectivity index is 2.74. The van der Waals surface area contributed by atoms with Crippen LogP contribution in [0.5, 0.6) is 0 Å². The molecule has 58 valence electrons. The molecule has 0 fully saturated rings. The molecule has 0 spiro atoms. The van der Waals surface area contributed by atoms with Crippen molar-refractivity contribution in [3.8, 4) is 0 Å². The second-order valence-corrected chi connectivity index (χ2v) is 2.46. The van der Waals surface area contributed by atoms with Gasteiger partial charge in [-0.3, -0.25) is 0 Å². The molecule has 0 heterocycles. The highest BCUT2D eigenvalue weighted by molar-refractivity contribution is 5.22. The van der Waals surface area contributed by atoms with E-state index in [0.29, 0.717) is 0 Å². The molecule has 0 radical (unpaired) electrons. The van der Waals surface area contributed by atoms with Crippen LogP contribution < -0.4 is 0 Å². The first-order chi connectivity index (χ1) is 5.36. The van der Waals surface area contributed by atoms with Gasteiger partial charge in [-0.15, -0.1) is 0 Å². The minimum atomic E-state index is 0.282. The monoisotopic (exact) mass is 149 g/mol. The third-order valence-corrected chi connectivity index (χ3v) is 1.68. The van der Waals surface area contributed by atoms with Crippen LogP contribution in [0.1, 0.15) is 18.1 Å². The standard InChI is InChI=1S/C9H11NO/c1-2-8-3-5-9(6-4-8)7-10-11/h3-6H,2,7H2,1H3. The van der Waals surface area contributed by atoms with E-state index in [2.05, 4.69) is 12.1 Å². The van der Waals surface area contributed by atoms with Gasteiger partial charge < -0.3 is 0 Å². The molecule has 0 bridgehead atoms. The van der Waals surface area contributed by atoms with Gasteiger partial charge in [0.25, 0.3) is 0 Å². The van der Waals surface area contributed by atoms with Crippen LogP contribution in [0, 0.1) is 4.91 Å². The normalized spacial score (nSPS) is 9.55. The Kier molecular flexibility index (Phi) is 2.78. The summed E-state index contributed by atoms with van der Waals surface area (Å²) < 4.78 is 0. The molecule has 0 aromatic heterocycles. The van der Waals surface area contributed by atoms with Crippen LogP contribution in [-0.2, 0) is 13.0 Å². The Morgan fingerprint density at radius 1 is 1.18 bits per heavy atom. The molecule has 0 atom stereocenters. The minimum absolute atomic E-state index is 0.282. The third-order valence-electron chi connectivity index (χ3n) is 1.68. The van der Waals surface area contributed by atoms with Gasteiger partial charge in [-0.05, 0) is 17.5 Å². The average molecular weight is 149 g/mol. The number of rotatable bonds is 3. The summed E-state index contributed by atoms with van der Waals surface area (Å²) in [5, 5.41) is 2.81. The van der Waals surface area contributed by atoms with Crippen molar-refractivity contribution in [2.45, 2.75) is 19.9 Å². The number of benzene rings is 1. The van der Waals surface area contributed by atoms with Crippen molar-refractivity contribution in [2.75, 3.05) is 0 Å². The van der Waals surface area contributed by atoms with Crippen LogP contribution in [0.15, 0.2) is 29.4 Å². The van der Waals surface area contributed by atoms with Crippen molar-refractivity contribution in [1.82, 2.24) is 0 Å². The lowest BCUT2D eigenvalue weighted by Gasteiger charge is -1.96. The van der Waals surface area contributed by atoms with E-state index in [9.17, 15) is 4.91 Å². The van der Waals surface area contributed by atoms with Crippen molar-refractivity contribution in [1.29, 1.82) is 0 Å². The van der Waals surface area contributed by atoms with Crippen molar-refractivity contribution in [2.24, 2.45) is 5.18 Å². The molecule has 2 nitrogen and oxygen atoms in total. The maximum Gasteiger partial charge on any atom is 0.106 e. The molecule has 11 heavy (non-hydrogen) atoms. The first kappa shape index (κ1) is 7.92. The van der Waals surface area contributed by atoms with Crippen molar-refractivity contribution in [3.05, 3.63) is 40.3 Å². The summed E-state index contributed by atoms with van der Waals surface area (Å²) in [5.41, 5.74) is 2.27. The topological polar surface area (TPSA) is 29.4 Å². The Bertz CT molecular complexity index is 228. The summed E-state index contributed by atoms with van der Waals surface area (Å²) in [7, 11) is 0. The van der Waals surface area contributed by atoms with Crippen LogP contribution in [0.3, 0.4) is 0 Å². The van der Waals surface area contributed by atoms with E-state index < -0.39 is 0 Å². The van der Waals surface area contributed by atoms with E-state index >= 15 is 0 Å². The zero-order valence-electron chi connectivity index (χ0n) is 6.58. The number of aryl methyl sites for hydroxylation is 1. The van der Waals surface area contributed by atoms with Gasteiger partial charge in [0, 0.05) is 0 Å². The zero-order valence-corrected chi connectivity index (χ0v) is 6.58. The maximum absolute atomic E-state index is 9.88. The van der Waals surface area contributed by atoms with Gasteiger partial charge in [-0.2, -0.15) is 4.91 Å². The molecule has 0 saturated carbocycles. The highest BCUT2D eigenvalue weighted by Gasteiger charge is 1.91. The molecule has 2 heteroatoms. The summed E-state index contributed by atoms with van der Waals surface area (Å²) >= 11 is 0. The van der Waals surface area contributed by atoms with Crippen LogP contribution in [0.4, 0.5) is 0 Å². The van der Waals surface area contributed by atoms with Gasteiger partial charge in [0.15, 0.2) is 0 Å². The molecule has 0 N–H and O–H groups in total. The van der Waals surface area contributed by atoms with Gasteiger partial charge in [0.2, 0.25) is 0 Å². The molecule has 0 saturated heterocycles. The molecule has 1 aromatic carbocycles. The second kappa shape index (κ2) is 3.86. The molecule has 0 amide bonds. The lowest BCUT2D eigenvalue weighted by molar-refractivity contribution is 1.04. The molecule has 1 rings (SSSR count). The number of hydrogen-bond acceptors (Lipinski definition) is 2. The SMILES string of the molecule is CCc1ccc(CN=O)cc1. The number of nitrogens with zero attached hydrogens (tertiary/aromatic N) is 1. The Hall–Kier alpha value is -1.18. The van der Waals surface area contributed by atoms with E-state index in [4.69, 9.17) is 0 Å². The molecule has 0 aliphatic carbocycles. The maximum atomic E-state index is 9.88. The molecular weight excluding hydrogens is 138 g/mol. The second-order valence-electron chi connectivity index (χ2n) is 2.46. The van der Waals surface area contributed by atoms with Crippen LogP contribution in [0.25, 0.3) is 0 Å². The van der Waals surface area contributed by atoms with E-state index in [1.54, 1.807) is 0 Å². The Labute approximate surface area is 66.2 Å². The van der Waals surface area contributed by atoms with Crippen LogP contribution in [-0.4, -0.2) is 0 Å². The Morgan fingerprint density at radius 3 is 2.18 bits per heavy atom.